The zero-order valence-electron chi connectivity index (χ0n) is 13.5. The quantitative estimate of drug-likeness (QED) is 0.906. The fraction of sp³-hybridized carbons (Fsp3) is 0.529. The van der Waals surface area contributed by atoms with Crippen molar-refractivity contribution in [2.24, 2.45) is 5.92 Å². The van der Waals surface area contributed by atoms with Crippen LogP contribution in [0.15, 0.2) is 24.3 Å². The molecule has 1 heterocycles. The number of rotatable bonds is 5. The lowest BCUT2D eigenvalue weighted by atomic mass is 10.0. The van der Waals surface area contributed by atoms with Crippen molar-refractivity contribution in [1.82, 2.24) is 10.2 Å². The highest BCUT2D eigenvalue weighted by molar-refractivity contribution is 5.79. The van der Waals surface area contributed by atoms with Crippen LogP contribution in [0, 0.1) is 5.92 Å². The van der Waals surface area contributed by atoms with E-state index in [0.717, 1.165) is 30.8 Å². The van der Waals surface area contributed by atoms with E-state index >= 15 is 0 Å². The monoisotopic (exact) mass is 304 g/mol. The number of hydrogen-bond donors (Lipinski definition) is 1. The van der Waals surface area contributed by atoms with Crippen LogP contribution in [0.5, 0.6) is 5.75 Å². The standard InChI is InChI=1S/C17H24N2O3/c1-12-8-9-19(11-12)17(21)10-16(18-13(2)20)14-4-6-15(22-3)7-5-14/h4-7,12,16H,8-11H2,1-3H3,(H,18,20). The zero-order chi connectivity index (χ0) is 16.1. The summed E-state index contributed by atoms with van der Waals surface area (Å²) in [6.07, 6.45) is 1.34. The Morgan fingerprint density at radius 2 is 2.05 bits per heavy atom. The fourth-order valence-electron chi connectivity index (χ4n) is 2.80. The van der Waals surface area contributed by atoms with Crippen LogP contribution in [0.1, 0.15) is 38.3 Å². The number of nitrogens with zero attached hydrogens (tertiary/aromatic N) is 1. The minimum absolute atomic E-state index is 0.0962. The Hall–Kier alpha value is -2.04. The third kappa shape index (κ3) is 4.23. The van der Waals surface area contributed by atoms with Crippen LogP contribution in [0.3, 0.4) is 0 Å². The molecule has 0 aliphatic carbocycles. The molecule has 5 nitrogen and oxygen atoms in total. The van der Waals surface area contributed by atoms with Crippen LogP contribution in [0.25, 0.3) is 0 Å². The maximum absolute atomic E-state index is 12.4. The van der Waals surface area contributed by atoms with Crippen LogP contribution in [0.4, 0.5) is 0 Å². The molecule has 2 atom stereocenters. The molecule has 5 heteroatoms. The van der Waals surface area contributed by atoms with E-state index in [0.29, 0.717) is 12.3 Å². The van der Waals surface area contributed by atoms with Crippen molar-refractivity contribution in [1.29, 1.82) is 0 Å². The summed E-state index contributed by atoms with van der Waals surface area (Å²) < 4.78 is 5.14. The van der Waals surface area contributed by atoms with Crippen LogP contribution < -0.4 is 10.1 Å². The lowest BCUT2D eigenvalue weighted by Gasteiger charge is -2.22. The first-order chi connectivity index (χ1) is 10.5. The first-order valence-corrected chi connectivity index (χ1v) is 7.68. The zero-order valence-corrected chi connectivity index (χ0v) is 13.5. The fourth-order valence-corrected chi connectivity index (χ4v) is 2.80. The van der Waals surface area contributed by atoms with Crippen LogP contribution >= 0.6 is 0 Å². The van der Waals surface area contributed by atoms with E-state index in [2.05, 4.69) is 12.2 Å². The van der Waals surface area contributed by atoms with Gasteiger partial charge in [0.2, 0.25) is 11.8 Å². The molecule has 120 valence electrons. The average molecular weight is 304 g/mol. The van der Waals surface area contributed by atoms with Gasteiger partial charge < -0.3 is 15.0 Å². The van der Waals surface area contributed by atoms with Gasteiger partial charge in [-0.1, -0.05) is 19.1 Å². The first kappa shape index (κ1) is 16.3. The van der Waals surface area contributed by atoms with Crippen LogP contribution in [0.2, 0.25) is 0 Å². The lowest BCUT2D eigenvalue weighted by molar-refractivity contribution is -0.131. The van der Waals surface area contributed by atoms with Crippen LogP contribution in [-0.2, 0) is 9.59 Å². The first-order valence-electron chi connectivity index (χ1n) is 7.68. The molecule has 22 heavy (non-hydrogen) atoms. The number of carbonyl (C=O) groups excluding carboxylic acids is 2. The largest absolute Gasteiger partial charge is 0.497 e. The highest BCUT2D eigenvalue weighted by Gasteiger charge is 2.26. The van der Waals surface area contributed by atoms with E-state index in [-0.39, 0.29) is 17.9 Å². The summed E-state index contributed by atoms with van der Waals surface area (Å²) in [6, 6.07) is 7.16. The van der Waals surface area contributed by atoms with Crippen molar-refractivity contribution in [3.63, 3.8) is 0 Å². The van der Waals surface area contributed by atoms with Gasteiger partial charge in [-0.15, -0.1) is 0 Å². The summed E-state index contributed by atoms with van der Waals surface area (Å²) in [5.74, 6) is 1.27. The second-order valence-corrected chi connectivity index (χ2v) is 5.96. The normalized spacial score (nSPS) is 18.9. The molecule has 2 rings (SSSR count). The predicted molar refractivity (Wildman–Crippen MR) is 84.5 cm³/mol. The number of methoxy groups -OCH3 is 1. The number of carbonyl (C=O) groups is 2. The van der Waals surface area contributed by atoms with Crippen molar-refractivity contribution in [3.8, 4) is 5.75 Å². The van der Waals surface area contributed by atoms with Crippen molar-refractivity contribution in [3.05, 3.63) is 29.8 Å². The number of ether oxygens (including phenoxy) is 1. The summed E-state index contributed by atoms with van der Waals surface area (Å²) >= 11 is 0. The van der Waals surface area contributed by atoms with E-state index in [1.165, 1.54) is 6.92 Å². The van der Waals surface area contributed by atoms with Crippen molar-refractivity contribution < 1.29 is 14.3 Å². The maximum Gasteiger partial charge on any atom is 0.224 e. The average Bonchev–Trinajstić information content (AvgIpc) is 2.93. The van der Waals surface area contributed by atoms with Gasteiger partial charge in [0.1, 0.15) is 5.75 Å². The van der Waals surface area contributed by atoms with Crippen LogP contribution in [-0.4, -0.2) is 36.9 Å². The van der Waals surface area contributed by atoms with Crippen molar-refractivity contribution >= 4 is 11.8 Å². The third-order valence-corrected chi connectivity index (χ3v) is 4.05. The van der Waals surface area contributed by atoms with Gasteiger partial charge in [-0.05, 0) is 30.0 Å². The molecule has 1 aliphatic rings. The molecular formula is C17H24N2O3. The molecular weight excluding hydrogens is 280 g/mol. The number of amides is 2. The Balaban J connectivity index is 2.08. The van der Waals surface area contributed by atoms with Crippen molar-refractivity contribution in [2.75, 3.05) is 20.2 Å². The molecule has 1 aromatic carbocycles. The van der Waals surface area contributed by atoms with E-state index in [4.69, 9.17) is 4.74 Å². The molecule has 0 bridgehead atoms. The van der Waals surface area contributed by atoms with Gasteiger partial charge in [-0.25, -0.2) is 0 Å². The molecule has 1 saturated heterocycles. The second kappa shape index (κ2) is 7.29. The smallest absolute Gasteiger partial charge is 0.224 e. The Morgan fingerprint density at radius 1 is 1.36 bits per heavy atom. The highest BCUT2D eigenvalue weighted by Crippen LogP contribution is 2.23. The minimum Gasteiger partial charge on any atom is -0.497 e. The summed E-state index contributed by atoms with van der Waals surface area (Å²) in [5.41, 5.74) is 0.914. The van der Waals surface area contributed by atoms with Gasteiger partial charge in [-0.3, -0.25) is 9.59 Å². The molecule has 2 amide bonds. The Bertz CT molecular complexity index is 527. The molecule has 0 saturated carbocycles. The van der Waals surface area contributed by atoms with Gasteiger partial charge >= 0.3 is 0 Å². The van der Waals surface area contributed by atoms with Gasteiger partial charge in [-0.2, -0.15) is 0 Å². The molecule has 1 aromatic rings. The van der Waals surface area contributed by atoms with E-state index < -0.39 is 0 Å². The molecule has 0 spiro atoms. The summed E-state index contributed by atoms with van der Waals surface area (Å²) in [5, 5.41) is 2.87. The molecule has 1 fully saturated rings. The Labute approximate surface area is 131 Å². The molecule has 1 N–H and O–H groups in total. The van der Waals surface area contributed by atoms with Gasteiger partial charge in [0.05, 0.1) is 19.6 Å². The molecule has 0 aromatic heterocycles. The topological polar surface area (TPSA) is 58.6 Å². The number of hydrogen-bond acceptors (Lipinski definition) is 3. The van der Waals surface area contributed by atoms with Crippen molar-refractivity contribution in [2.45, 2.75) is 32.7 Å². The van der Waals surface area contributed by atoms with E-state index in [1.54, 1.807) is 7.11 Å². The van der Waals surface area contributed by atoms with Gasteiger partial charge in [0.25, 0.3) is 0 Å². The highest BCUT2D eigenvalue weighted by atomic mass is 16.5. The Kier molecular flexibility index (Phi) is 5.41. The summed E-state index contributed by atoms with van der Waals surface area (Å²) in [6.45, 7) is 5.25. The Morgan fingerprint density at radius 3 is 2.55 bits per heavy atom. The van der Waals surface area contributed by atoms with Gasteiger partial charge in [0.15, 0.2) is 0 Å². The lowest BCUT2D eigenvalue weighted by Crippen LogP contribution is -2.34. The number of likely N-dealkylation sites (tertiary alicyclic amines) is 1. The SMILES string of the molecule is COc1ccc(C(CC(=O)N2CCC(C)C2)NC(C)=O)cc1. The molecule has 2 unspecified atom stereocenters. The van der Waals surface area contributed by atoms with Gasteiger partial charge in [0, 0.05) is 20.0 Å². The van der Waals surface area contributed by atoms with E-state index in [9.17, 15) is 9.59 Å². The predicted octanol–water partition coefficient (Wildman–Crippen LogP) is 2.13. The second-order valence-electron chi connectivity index (χ2n) is 5.96. The summed E-state index contributed by atoms with van der Waals surface area (Å²) in [4.78, 5) is 25.8. The third-order valence-electron chi connectivity index (χ3n) is 4.05. The minimum atomic E-state index is -0.299. The number of benzene rings is 1. The molecule has 1 aliphatic heterocycles. The maximum atomic E-state index is 12.4. The van der Waals surface area contributed by atoms with E-state index in [1.807, 2.05) is 29.2 Å². The summed E-state index contributed by atoms with van der Waals surface area (Å²) in [7, 11) is 1.61. The molecule has 0 radical (unpaired) electrons. The number of nitrogens with one attached hydrogen (secondary N) is 1.